The lowest BCUT2D eigenvalue weighted by Gasteiger charge is -2.01. The van der Waals surface area contributed by atoms with E-state index in [9.17, 15) is 9.59 Å². The van der Waals surface area contributed by atoms with Crippen molar-refractivity contribution in [2.45, 2.75) is 52.4 Å². The third kappa shape index (κ3) is 42.8. The van der Waals surface area contributed by atoms with E-state index < -0.39 is 11.9 Å². The Hall–Kier alpha value is -1.22. The van der Waals surface area contributed by atoms with Crippen LogP contribution >= 0.6 is 0 Å². The number of rotatable bonds is 13. The molecule has 0 spiro atoms. The Bertz CT molecular complexity index is 232. The highest BCUT2D eigenvalue weighted by Gasteiger charge is 1.91. The summed E-state index contributed by atoms with van der Waals surface area (Å²) in [6, 6.07) is 0. The maximum Gasteiger partial charge on any atom is 0.303 e. The minimum absolute atomic E-state index is 0.0417. The molecule has 0 atom stereocenters. The first-order valence-corrected chi connectivity index (χ1v) is 8.26. The second-order valence-electron chi connectivity index (χ2n) is 4.67. The molecule has 0 aromatic carbocycles. The molecule has 0 saturated carbocycles. The molecule has 0 aliphatic rings. The van der Waals surface area contributed by atoms with E-state index in [1.54, 1.807) is 0 Å². The molecule has 0 amide bonds. The molecule has 0 rings (SSSR count). The summed E-state index contributed by atoms with van der Waals surface area (Å²) >= 11 is 0. The number of carbonyl (C=O) groups is 2. The Kier molecular flexibility index (Phi) is 30.7. The maximum absolute atomic E-state index is 9.76. The molecule has 0 unspecified atom stereocenters. The van der Waals surface area contributed by atoms with E-state index >= 15 is 0 Å². The summed E-state index contributed by atoms with van der Waals surface area (Å²) in [5, 5.41) is 32.6. The molecule has 146 valence electrons. The van der Waals surface area contributed by atoms with Crippen LogP contribution in [0.3, 0.4) is 0 Å². The van der Waals surface area contributed by atoms with Crippen LogP contribution in [0.4, 0.5) is 0 Å². The van der Waals surface area contributed by atoms with Gasteiger partial charge in [-0.2, -0.15) is 0 Å². The Morgan fingerprint density at radius 3 is 1.21 bits per heavy atom. The van der Waals surface area contributed by atoms with Gasteiger partial charge in [0.05, 0.1) is 39.6 Å². The van der Waals surface area contributed by atoms with Crippen molar-refractivity contribution < 1.29 is 39.5 Å². The van der Waals surface area contributed by atoms with Gasteiger partial charge in [0.15, 0.2) is 0 Å². The smallest absolute Gasteiger partial charge is 0.303 e. The fourth-order valence-corrected chi connectivity index (χ4v) is 1.11. The molecule has 8 heteroatoms. The SMILES string of the molecule is CCCCC(=O)O.CCCCC(=O)O.OCCOCCOCCO. The number of hydrogen-bond acceptors (Lipinski definition) is 6. The number of carboxylic acid groups (broad SMARTS) is 2. The van der Waals surface area contributed by atoms with Crippen molar-refractivity contribution >= 4 is 11.9 Å². The van der Waals surface area contributed by atoms with Crippen molar-refractivity contribution in [3.8, 4) is 0 Å². The Morgan fingerprint density at radius 2 is 1.04 bits per heavy atom. The Morgan fingerprint density at radius 1 is 0.708 bits per heavy atom. The summed E-state index contributed by atoms with van der Waals surface area (Å²) in [5.41, 5.74) is 0. The predicted octanol–water partition coefficient (Wildman–Crippen LogP) is 1.53. The first-order chi connectivity index (χ1) is 11.5. The average Bonchev–Trinajstić information content (AvgIpc) is 2.55. The average molecular weight is 354 g/mol. The number of aliphatic hydroxyl groups excluding tert-OH is 2. The highest BCUT2D eigenvalue weighted by molar-refractivity contribution is 5.66. The van der Waals surface area contributed by atoms with Gasteiger partial charge in [0.25, 0.3) is 0 Å². The summed E-state index contributed by atoms with van der Waals surface area (Å²) < 4.78 is 9.75. The zero-order chi connectivity index (χ0) is 19.1. The lowest BCUT2D eigenvalue weighted by atomic mass is 10.3. The predicted molar refractivity (Wildman–Crippen MR) is 90.1 cm³/mol. The molecule has 0 aromatic heterocycles. The van der Waals surface area contributed by atoms with Crippen molar-refractivity contribution in [2.24, 2.45) is 0 Å². The zero-order valence-electron chi connectivity index (χ0n) is 14.9. The van der Waals surface area contributed by atoms with E-state index in [1.165, 1.54) is 0 Å². The molecule has 0 bridgehead atoms. The van der Waals surface area contributed by atoms with Gasteiger partial charge >= 0.3 is 11.9 Å². The van der Waals surface area contributed by atoms with Crippen molar-refractivity contribution in [1.82, 2.24) is 0 Å². The van der Waals surface area contributed by atoms with Crippen molar-refractivity contribution in [3.63, 3.8) is 0 Å². The van der Waals surface area contributed by atoms with E-state index in [-0.39, 0.29) is 13.2 Å². The fourth-order valence-electron chi connectivity index (χ4n) is 1.11. The summed E-state index contributed by atoms with van der Waals surface area (Å²) in [6.45, 7) is 5.68. The van der Waals surface area contributed by atoms with Gasteiger partial charge in [0.1, 0.15) is 0 Å². The molecule has 0 aliphatic heterocycles. The van der Waals surface area contributed by atoms with Crippen LogP contribution in [0.1, 0.15) is 52.4 Å². The minimum Gasteiger partial charge on any atom is -0.481 e. The second-order valence-corrected chi connectivity index (χ2v) is 4.67. The summed E-state index contributed by atoms with van der Waals surface area (Å²) in [6.07, 6.45) is 4.16. The fraction of sp³-hybridized carbons (Fsp3) is 0.875. The number of unbranched alkanes of at least 4 members (excludes halogenated alkanes) is 2. The molecule has 0 radical (unpaired) electrons. The quantitative estimate of drug-likeness (QED) is 0.366. The highest BCUT2D eigenvalue weighted by atomic mass is 16.5. The van der Waals surface area contributed by atoms with E-state index in [0.29, 0.717) is 39.3 Å². The van der Waals surface area contributed by atoms with Gasteiger partial charge in [0.2, 0.25) is 0 Å². The number of aliphatic carboxylic acids is 2. The molecule has 0 saturated heterocycles. The Labute approximate surface area is 144 Å². The largest absolute Gasteiger partial charge is 0.481 e. The molecule has 4 N–H and O–H groups in total. The number of carboxylic acids is 2. The first-order valence-electron chi connectivity index (χ1n) is 8.26. The van der Waals surface area contributed by atoms with Gasteiger partial charge in [-0.05, 0) is 12.8 Å². The minimum atomic E-state index is -0.693. The van der Waals surface area contributed by atoms with Gasteiger partial charge in [-0.3, -0.25) is 9.59 Å². The van der Waals surface area contributed by atoms with Crippen molar-refractivity contribution in [2.75, 3.05) is 39.6 Å². The van der Waals surface area contributed by atoms with Crippen LogP contribution < -0.4 is 0 Å². The molecule has 0 fully saturated rings. The summed E-state index contributed by atoms with van der Waals surface area (Å²) in [7, 11) is 0. The summed E-state index contributed by atoms with van der Waals surface area (Å²) in [5.74, 6) is -1.39. The lowest BCUT2D eigenvalue weighted by Crippen LogP contribution is -2.09. The standard InChI is InChI=1S/C6H14O4.2C5H10O2/c7-1-3-9-5-6-10-4-2-8;2*1-2-3-4-5(6)7/h7-8H,1-6H2;2*2-4H2,1H3,(H,6,7). The van der Waals surface area contributed by atoms with Crippen LogP contribution in [0.5, 0.6) is 0 Å². The van der Waals surface area contributed by atoms with E-state index in [2.05, 4.69) is 0 Å². The number of hydrogen-bond donors (Lipinski definition) is 4. The maximum atomic E-state index is 9.76. The number of ether oxygens (including phenoxy) is 2. The molecule has 0 heterocycles. The van der Waals surface area contributed by atoms with Gasteiger partial charge in [-0.15, -0.1) is 0 Å². The van der Waals surface area contributed by atoms with Crippen molar-refractivity contribution in [1.29, 1.82) is 0 Å². The zero-order valence-corrected chi connectivity index (χ0v) is 14.9. The van der Waals surface area contributed by atoms with E-state index in [1.807, 2.05) is 13.8 Å². The second kappa shape index (κ2) is 26.7. The van der Waals surface area contributed by atoms with E-state index in [4.69, 9.17) is 29.9 Å². The van der Waals surface area contributed by atoms with Gasteiger partial charge in [-0.25, -0.2) is 0 Å². The lowest BCUT2D eigenvalue weighted by molar-refractivity contribution is -0.138. The van der Waals surface area contributed by atoms with Crippen LogP contribution in [0, 0.1) is 0 Å². The highest BCUT2D eigenvalue weighted by Crippen LogP contribution is 1.91. The van der Waals surface area contributed by atoms with Crippen LogP contribution in [-0.4, -0.2) is 72.0 Å². The summed E-state index contributed by atoms with van der Waals surface area (Å²) in [4.78, 5) is 19.5. The van der Waals surface area contributed by atoms with Crippen molar-refractivity contribution in [3.05, 3.63) is 0 Å². The monoisotopic (exact) mass is 354 g/mol. The molecule has 24 heavy (non-hydrogen) atoms. The molecule has 0 aromatic rings. The molecule has 8 nitrogen and oxygen atoms in total. The Balaban J connectivity index is -0.000000283. The van der Waals surface area contributed by atoms with Crippen LogP contribution in [0.25, 0.3) is 0 Å². The molecular weight excluding hydrogens is 320 g/mol. The van der Waals surface area contributed by atoms with Crippen LogP contribution in [-0.2, 0) is 19.1 Å². The molecule has 0 aliphatic carbocycles. The topological polar surface area (TPSA) is 134 Å². The normalized spacial score (nSPS) is 9.33. The van der Waals surface area contributed by atoms with Gasteiger partial charge in [-0.1, -0.05) is 26.7 Å². The number of aliphatic hydroxyl groups is 2. The van der Waals surface area contributed by atoms with Crippen LogP contribution in [0.2, 0.25) is 0 Å². The third-order valence-electron chi connectivity index (χ3n) is 2.33. The molecular formula is C16H34O8. The van der Waals surface area contributed by atoms with E-state index in [0.717, 1.165) is 25.7 Å². The third-order valence-corrected chi connectivity index (χ3v) is 2.33. The van der Waals surface area contributed by atoms with Crippen LogP contribution in [0.15, 0.2) is 0 Å². The van der Waals surface area contributed by atoms with Gasteiger partial charge < -0.3 is 29.9 Å². The first kappa shape index (κ1) is 27.6. The van der Waals surface area contributed by atoms with Gasteiger partial charge in [0, 0.05) is 12.8 Å².